The SMILES string of the molecule is CC1CCC(O)(c2ccccc2C2CCC2)CC1C. The van der Waals surface area contributed by atoms with Crippen molar-refractivity contribution >= 4 is 0 Å². The molecular formula is C18H26O. The number of hydrogen-bond acceptors (Lipinski definition) is 1. The van der Waals surface area contributed by atoms with Gasteiger partial charge in [0, 0.05) is 0 Å². The van der Waals surface area contributed by atoms with Crippen LogP contribution >= 0.6 is 0 Å². The lowest BCUT2D eigenvalue weighted by molar-refractivity contribution is -0.0347. The van der Waals surface area contributed by atoms with E-state index in [2.05, 4.69) is 38.1 Å². The zero-order valence-corrected chi connectivity index (χ0v) is 12.2. The molecule has 3 atom stereocenters. The van der Waals surface area contributed by atoms with Crippen LogP contribution in [0.25, 0.3) is 0 Å². The van der Waals surface area contributed by atoms with Gasteiger partial charge in [0.25, 0.3) is 0 Å². The summed E-state index contributed by atoms with van der Waals surface area (Å²) >= 11 is 0. The van der Waals surface area contributed by atoms with Gasteiger partial charge in [-0.05, 0) is 61.0 Å². The maximum Gasteiger partial charge on any atom is 0.0902 e. The minimum Gasteiger partial charge on any atom is -0.385 e. The lowest BCUT2D eigenvalue weighted by Crippen LogP contribution is -2.36. The number of benzene rings is 1. The maximum absolute atomic E-state index is 11.2. The maximum atomic E-state index is 11.2. The van der Waals surface area contributed by atoms with Crippen molar-refractivity contribution in [3.05, 3.63) is 35.4 Å². The quantitative estimate of drug-likeness (QED) is 0.822. The summed E-state index contributed by atoms with van der Waals surface area (Å²) in [5, 5.41) is 11.2. The summed E-state index contributed by atoms with van der Waals surface area (Å²) in [7, 11) is 0. The van der Waals surface area contributed by atoms with Crippen LogP contribution in [0.1, 0.15) is 69.4 Å². The Bertz CT molecular complexity index is 449. The first-order valence-corrected chi connectivity index (χ1v) is 7.92. The number of hydrogen-bond donors (Lipinski definition) is 1. The van der Waals surface area contributed by atoms with E-state index in [9.17, 15) is 5.11 Å². The molecule has 1 nitrogen and oxygen atoms in total. The minimum atomic E-state index is -0.571. The normalized spacial score (nSPS) is 35.9. The minimum absolute atomic E-state index is 0.571. The topological polar surface area (TPSA) is 20.2 Å². The Labute approximate surface area is 117 Å². The van der Waals surface area contributed by atoms with E-state index in [-0.39, 0.29) is 0 Å². The highest BCUT2D eigenvalue weighted by Crippen LogP contribution is 2.47. The Balaban J connectivity index is 1.92. The van der Waals surface area contributed by atoms with Crippen LogP contribution in [0.2, 0.25) is 0 Å². The summed E-state index contributed by atoms with van der Waals surface area (Å²) in [6.07, 6.45) is 6.97. The van der Waals surface area contributed by atoms with E-state index in [0.717, 1.165) is 25.2 Å². The molecule has 19 heavy (non-hydrogen) atoms. The second-order valence-electron chi connectivity index (χ2n) is 6.94. The first kappa shape index (κ1) is 13.2. The van der Waals surface area contributed by atoms with Crippen LogP contribution in [0.5, 0.6) is 0 Å². The van der Waals surface area contributed by atoms with Gasteiger partial charge in [-0.2, -0.15) is 0 Å². The van der Waals surface area contributed by atoms with E-state index in [1.54, 1.807) is 0 Å². The second kappa shape index (κ2) is 4.94. The molecule has 0 radical (unpaired) electrons. The van der Waals surface area contributed by atoms with Crippen LogP contribution in [-0.2, 0) is 5.60 Å². The smallest absolute Gasteiger partial charge is 0.0902 e. The van der Waals surface area contributed by atoms with E-state index in [4.69, 9.17) is 0 Å². The van der Waals surface area contributed by atoms with E-state index in [1.165, 1.54) is 30.4 Å². The van der Waals surface area contributed by atoms with Gasteiger partial charge in [-0.1, -0.05) is 44.5 Å². The average molecular weight is 258 g/mol. The van der Waals surface area contributed by atoms with E-state index in [0.29, 0.717) is 11.8 Å². The van der Waals surface area contributed by atoms with Gasteiger partial charge < -0.3 is 5.11 Å². The zero-order valence-electron chi connectivity index (χ0n) is 12.2. The molecule has 2 fully saturated rings. The summed E-state index contributed by atoms with van der Waals surface area (Å²) in [5.41, 5.74) is 2.09. The molecule has 0 amide bonds. The van der Waals surface area contributed by atoms with E-state index in [1.807, 2.05) is 0 Å². The van der Waals surface area contributed by atoms with Gasteiger partial charge in [0.15, 0.2) is 0 Å². The monoisotopic (exact) mass is 258 g/mol. The van der Waals surface area contributed by atoms with Gasteiger partial charge in [0.1, 0.15) is 0 Å². The van der Waals surface area contributed by atoms with Gasteiger partial charge in [-0.3, -0.25) is 0 Å². The first-order valence-electron chi connectivity index (χ1n) is 7.92. The van der Waals surface area contributed by atoms with Gasteiger partial charge in [-0.15, -0.1) is 0 Å². The summed E-state index contributed by atoms with van der Waals surface area (Å²) < 4.78 is 0. The summed E-state index contributed by atoms with van der Waals surface area (Å²) in [4.78, 5) is 0. The van der Waals surface area contributed by atoms with Crippen molar-refractivity contribution in [2.75, 3.05) is 0 Å². The summed E-state index contributed by atoms with van der Waals surface area (Å²) in [5.74, 6) is 2.07. The van der Waals surface area contributed by atoms with Crippen molar-refractivity contribution in [3.63, 3.8) is 0 Å². The Morgan fingerprint density at radius 1 is 1.05 bits per heavy atom. The molecule has 2 saturated carbocycles. The molecule has 1 aromatic rings. The van der Waals surface area contributed by atoms with Gasteiger partial charge in [0.05, 0.1) is 5.60 Å². The van der Waals surface area contributed by atoms with Crippen LogP contribution in [0.3, 0.4) is 0 Å². The molecule has 2 aliphatic carbocycles. The fraction of sp³-hybridized carbons (Fsp3) is 0.667. The third-order valence-electron chi connectivity index (χ3n) is 5.65. The first-order chi connectivity index (χ1) is 9.10. The van der Waals surface area contributed by atoms with Crippen LogP contribution in [0.4, 0.5) is 0 Å². The molecule has 0 saturated heterocycles. The van der Waals surface area contributed by atoms with Crippen LogP contribution < -0.4 is 0 Å². The molecule has 0 heterocycles. The molecule has 0 bridgehead atoms. The molecule has 2 aliphatic rings. The number of aliphatic hydroxyl groups is 1. The molecule has 1 N–H and O–H groups in total. The van der Waals surface area contributed by atoms with E-state index >= 15 is 0 Å². The summed E-state index contributed by atoms with van der Waals surface area (Å²) in [6, 6.07) is 8.66. The molecule has 3 unspecified atom stereocenters. The van der Waals surface area contributed by atoms with Crippen LogP contribution in [-0.4, -0.2) is 5.11 Å². The van der Waals surface area contributed by atoms with Crippen molar-refractivity contribution in [2.45, 2.75) is 63.9 Å². The van der Waals surface area contributed by atoms with Crippen LogP contribution in [0, 0.1) is 11.8 Å². The predicted molar refractivity (Wildman–Crippen MR) is 79.1 cm³/mol. The van der Waals surface area contributed by atoms with Gasteiger partial charge in [-0.25, -0.2) is 0 Å². The lowest BCUT2D eigenvalue weighted by Gasteiger charge is -2.42. The average Bonchev–Trinajstić information content (AvgIpc) is 2.33. The molecule has 0 aromatic heterocycles. The number of rotatable bonds is 2. The Morgan fingerprint density at radius 2 is 1.79 bits per heavy atom. The Hall–Kier alpha value is -0.820. The Kier molecular flexibility index (Phi) is 3.42. The molecule has 1 heteroatoms. The predicted octanol–water partition coefficient (Wildman–Crippen LogP) is 4.60. The summed E-state index contributed by atoms with van der Waals surface area (Å²) in [6.45, 7) is 4.61. The fourth-order valence-corrected chi connectivity index (χ4v) is 3.83. The highest BCUT2D eigenvalue weighted by atomic mass is 16.3. The van der Waals surface area contributed by atoms with Crippen molar-refractivity contribution in [1.29, 1.82) is 0 Å². The van der Waals surface area contributed by atoms with Gasteiger partial charge >= 0.3 is 0 Å². The molecular weight excluding hydrogens is 232 g/mol. The standard InChI is InChI=1S/C18H26O/c1-13-10-11-18(19,12-14(13)2)17-9-4-3-8-16(17)15-6-5-7-15/h3-4,8-9,13-15,19H,5-7,10-12H2,1-2H3. The Morgan fingerprint density at radius 3 is 2.42 bits per heavy atom. The molecule has 3 rings (SSSR count). The lowest BCUT2D eigenvalue weighted by atomic mass is 9.67. The van der Waals surface area contributed by atoms with Crippen LogP contribution in [0.15, 0.2) is 24.3 Å². The molecule has 104 valence electrons. The largest absolute Gasteiger partial charge is 0.385 e. The third-order valence-corrected chi connectivity index (χ3v) is 5.65. The second-order valence-corrected chi connectivity index (χ2v) is 6.94. The fourth-order valence-electron chi connectivity index (χ4n) is 3.83. The zero-order chi connectivity index (χ0) is 13.5. The van der Waals surface area contributed by atoms with Crippen molar-refractivity contribution in [1.82, 2.24) is 0 Å². The third kappa shape index (κ3) is 2.33. The van der Waals surface area contributed by atoms with E-state index < -0.39 is 5.60 Å². The van der Waals surface area contributed by atoms with Crippen molar-refractivity contribution < 1.29 is 5.11 Å². The highest BCUT2D eigenvalue weighted by molar-refractivity contribution is 5.36. The molecule has 0 spiro atoms. The van der Waals surface area contributed by atoms with Gasteiger partial charge in [0.2, 0.25) is 0 Å². The van der Waals surface area contributed by atoms with Crippen molar-refractivity contribution in [2.24, 2.45) is 11.8 Å². The highest BCUT2D eigenvalue weighted by Gasteiger charge is 2.39. The van der Waals surface area contributed by atoms with Crippen molar-refractivity contribution in [3.8, 4) is 0 Å². The molecule has 1 aromatic carbocycles. The molecule has 0 aliphatic heterocycles.